The van der Waals surface area contributed by atoms with Gasteiger partial charge in [0.15, 0.2) is 18.2 Å². The molecule has 3 N–H and O–H groups in total. The lowest BCUT2D eigenvalue weighted by atomic mass is 10.2. The van der Waals surface area contributed by atoms with E-state index in [2.05, 4.69) is 20.0 Å². The van der Waals surface area contributed by atoms with E-state index in [4.69, 9.17) is 27.9 Å². The maximum absolute atomic E-state index is 12.7. The summed E-state index contributed by atoms with van der Waals surface area (Å²) >= 11 is 12.2. The number of aromatic nitrogens is 2. The molecule has 0 atom stereocenters. The molecular formula is C15H10Cl2N4O4S. The Labute approximate surface area is 157 Å². The first-order valence-electron chi connectivity index (χ1n) is 7.26. The van der Waals surface area contributed by atoms with Crippen molar-refractivity contribution < 1.29 is 17.9 Å². The fourth-order valence-corrected chi connectivity index (χ4v) is 4.14. The van der Waals surface area contributed by atoms with Crippen LogP contribution in [-0.2, 0) is 14.8 Å². The number of H-pyrrole nitrogens is 1. The molecule has 26 heavy (non-hydrogen) atoms. The van der Waals surface area contributed by atoms with E-state index in [0.717, 1.165) is 6.20 Å². The summed E-state index contributed by atoms with van der Waals surface area (Å²) in [7, 11) is -3.97. The number of nitrogens with one attached hydrogen (secondary N) is 3. The molecule has 1 aromatic carbocycles. The smallest absolute Gasteiger partial charge is 0.263 e. The van der Waals surface area contributed by atoms with E-state index in [1.54, 1.807) is 6.07 Å². The Morgan fingerprint density at radius 1 is 1.23 bits per heavy atom. The molecule has 0 radical (unpaired) electrons. The standard InChI is InChI=1S/C15H10Cl2N4O4S/c16-8-1-2-10(14-13(8)9(17)5-18-14)21-26(23,24)7-3-11-15(19-4-7)20-12(22)6-25-11/h1-5,18,21H,6H2,(H,19,20,22). The van der Waals surface area contributed by atoms with Gasteiger partial charge >= 0.3 is 0 Å². The average molecular weight is 413 g/mol. The molecule has 4 rings (SSSR count). The topological polar surface area (TPSA) is 113 Å². The zero-order valence-corrected chi connectivity index (χ0v) is 15.2. The van der Waals surface area contributed by atoms with Crippen LogP contribution in [-0.4, -0.2) is 30.9 Å². The Morgan fingerprint density at radius 3 is 2.85 bits per heavy atom. The van der Waals surface area contributed by atoms with Gasteiger partial charge in [-0.3, -0.25) is 9.52 Å². The second-order valence-corrected chi connectivity index (χ2v) is 7.94. The number of ether oxygens (including phenoxy) is 1. The minimum absolute atomic E-state index is 0.117. The Bertz CT molecular complexity index is 1160. The van der Waals surface area contributed by atoms with Crippen LogP contribution in [0.4, 0.5) is 11.5 Å². The molecule has 0 bridgehead atoms. The second kappa shape index (κ2) is 6.04. The second-order valence-electron chi connectivity index (χ2n) is 5.44. The van der Waals surface area contributed by atoms with Crippen LogP contribution < -0.4 is 14.8 Å². The van der Waals surface area contributed by atoms with Crippen molar-refractivity contribution in [3.8, 4) is 5.75 Å². The van der Waals surface area contributed by atoms with Crippen molar-refractivity contribution in [2.45, 2.75) is 4.90 Å². The molecule has 8 nitrogen and oxygen atoms in total. The highest BCUT2D eigenvalue weighted by Gasteiger charge is 2.23. The van der Waals surface area contributed by atoms with Gasteiger partial charge in [-0.05, 0) is 12.1 Å². The minimum atomic E-state index is -3.97. The average Bonchev–Trinajstić information content (AvgIpc) is 3.00. The summed E-state index contributed by atoms with van der Waals surface area (Å²) in [6.07, 6.45) is 2.65. The van der Waals surface area contributed by atoms with Gasteiger partial charge < -0.3 is 15.0 Å². The summed E-state index contributed by atoms with van der Waals surface area (Å²) < 4.78 is 33.1. The van der Waals surface area contributed by atoms with Crippen molar-refractivity contribution in [1.82, 2.24) is 9.97 Å². The van der Waals surface area contributed by atoms with Crippen LogP contribution in [0, 0.1) is 0 Å². The van der Waals surface area contributed by atoms with Crippen LogP contribution in [0.3, 0.4) is 0 Å². The number of anilines is 2. The number of hydrogen-bond donors (Lipinski definition) is 3. The molecule has 3 aromatic rings. The summed E-state index contributed by atoms with van der Waals surface area (Å²) in [5.41, 5.74) is 0.740. The summed E-state index contributed by atoms with van der Waals surface area (Å²) in [4.78, 5) is 18.0. The number of aromatic amines is 1. The van der Waals surface area contributed by atoms with Gasteiger partial charge in [0.2, 0.25) is 0 Å². The van der Waals surface area contributed by atoms with Crippen LogP contribution in [0.5, 0.6) is 5.75 Å². The first-order chi connectivity index (χ1) is 12.3. The number of fused-ring (bicyclic) bond motifs is 2. The van der Waals surface area contributed by atoms with Gasteiger partial charge in [-0.1, -0.05) is 23.2 Å². The lowest BCUT2D eigenvalue weighted by Crippen LogP contribution is -2.26. The van der Waals surface area contributed by atoms with Crippen LogP contribution in [0.1, 0.15) is 0 Å². The van der Waals surface area contributed by atoms with Gasteiger partial charge in [-0.2, -0.15) is 0 Å². The molecule has 3 heterocycles. The highest BCUT2D eigenvalue weighted by Crippen LogP contribution is 2.36. The first kappa shape index (κ1) is 17.0. The Morgan fingerprint density at radius 2 is 2.04 bits per heavy atom. The molecular weight excluding hydrogens is 403 g/mol. The number of rotatable bonds is 3. The number of halogens is 2. The molecule has 0 saturated heterocycles. The SMILES string of the molecule is O=C1COc2cc(S(=O)(=O)Nc3ccc(Cl)c4c(Cl)c[nH]c34)cnc2N1. The molecule has 1 amide bonds. The third-order valence-corrected chi connectivity index (χ3v) is 5.68. The number of sulfonamides is 1. The molecule has 1 aliphatic rings. The quantitative estimate of drug-likeness (QED) is 0.611. The largest absolute Gasteiger partial charge is 0.480 e. The molecule has 0 saturated carbocycles. The zero-order chi connectivity index (χ0) is 18.5. The third kappa shape index (κ3) is 2.83. The zero-order valence-electron chi connectivity index (χ0n) is 12.8. The Hall–Kier alpha value is -2.49. The number of benzene rings is 1. The van der Waals surface area contributed by atoms with Crippen molar-refractivity contribution in [3.05, 3.63) is 40.6 Å². The van der Waals surface area contributed by atoms with E-state index in [1.165, 1.54) is 18.3 Å². The van der Waals surface area contributed by atoms with Crippen molar-refractivity contribution in [2.75, 3.05) is 16.6 Å². The number of nitrogens with zero attached hydrogens (tertiary/aromatic N) is 1. The number of amides is 1. The van der Waals surface area contributed by atoms with E-state index >= 15 is 0 Å². The van der Waals surface area contributed by atoms with E-state index < -0.39 is 10.0 Å². The number of pyridine rings is 1. The predicted octanol–water partition coefficient (Wildman–Crippen LogP) is 3.00. The molecule has 0 aliphatic carbocycles. The molecule has 2 aromatic heterocycles. The van der Waals surface area contributed by atoms with Crippen LogP contribution >= 0.6 is 23.2 Å². The molecule has 0 spiro atoms. The summed E-state index contributed by atoms with van der Waals surface area (Å²) in [6.45, 7) is -0.204. The number of carbonyl (C=O) groups is 1. The molecule has 0 fully saturated rings. The molecule has 1 aliphatic heterocycles. The summed E-state index contributed by atoms with van der Waals surface area (Å²) in [5.74, 6) is -0.00667. The van der Waals surface area contributed by atoms with Gasteiger partial charge in [-0.15, -0.1) is 0 Å². The first-order valence-corrected chi connectivity index (χ1v) is 9.49. The van der Waals surface area contributed by atoms with Crippen molar-refractivity contribution in [3.63, 3.8) is 0 Å². The van der Waals surface area contributed by atoms with E-state index in [1.807, 2.05) is 0 Å². The van der Waals surface area contributed by atoms with E-state index in [-0.39, 0.29) is 34.7 Å². The van der Waals surface area contributed by atoms with Crippen molar-refractivity contribution in [2.24, 2.45) is 0 Å². The van der Waals surface area contributed by atoms with E-state index in [9.17, 15) is 13.2 Å². The number of carbonyl (C=O) groups excluding carboxylic acids is 1. The summed E-state index contributed by atoms with van der Waals surface area (Å²) in [5, 5.41) is 3.79. The summed E-state index contributed by atoms with van der Waals surface area (Å²) in [6, 6.07) is 4.36. The third-order valence-electron chi connectivity index (χ3n) is 3.74. The van der Waals surface area contributed by atoms with Gasteiger partial charge in [0.25, 0.3) is 15.9 Å². The fraction of sp³-hybridized carbons (Fsp3) is 0.0667. The van der Waals surface area contributed by atoms with Crippen molar-refractivity contribution >= 4 is 61.5 Å². The molecule has 0 unspecified atom stereocenters. The van der Waals surface area contributed by atoms with Gasteiger partial charge in [0, 0.05) is 17.6 Å². The van der Waals surface area contributed by atoms with Crippen molar-refractivity contribution in [1.29, 1.82) is 0 Å². The fourth-order valence-electron chi connectivity index (χ4n) is 2.55. The van der Waals surface area contributed by atoms with E-state index in [0.29, 0.717) is 20.9 Å². The van der Waals surface area contributed by atoms with Crippen LogP contribution in [0.2, 0.25) is 10.0 Å². The predicted molar refractivity (Wildman–Crippen MR) is 97.5 cm³/mol. The molecule has 134 valence electrons. The van der Waals surface area contributed by atoms with Crippen LogP contribution in [0.25, 0.3) is 10.9 Å². The molecule has 11 heteroatoms. The monoisotopic (exact) mass is 412 g/mol. The highest BCUT2D eigenvalue weighted by atomic mass is 35.5. The number of hydrogen-bond acceptors (Lipinski definition) is 5. The Kier molecular flexibility index (Phi) is 3.94. The van der Waals surface area contributed by atoms with Gasteiger partial charge in [-0.25, -0.2) is 13.4 Å². The van der Waals surface area contributed by atoms with Gasteiger partial charge in [0.1, 0.15) is 4.90 Å². The highest BCUT2D eigenvalue weighted by molar-refractivity contribution is 7.92. The lowest BCUT2D eigenvalue weighted by molar-refractivity contribution is -0.118. The maximum Gasteiger partial charge on any atom is 0.263 e. The van der Waals surface area contributed by atoms with Gasteiger partial charge in [0.05, 0.1) is 27.4 Å². The Balaban J connectivity index is 1.73. The maximum atomic E-state index is 12.7. The lowest BCUT2D eigenvalue weighted by Gasteiger charge is -2.17. The minimum Gasteiger partial charge on any atom is -0.480 e. The normalized spacial score (nSPS) is 13.8. The van der Waals surface area contributed by atoms with Crippen LogP contribution in [0.15, 0.2) is 35.5 Å².